The molecule has 1 heterocycles. The van der Waals surface area contributed by atoms with Gasteiger partial charge in [-0.2, -0.15) is 0 Å². The van der Waals surface area contributed by atoms with Gasteiger partial charge in [0.2, 0.25) is 11.8 Å². The number of Topliss-reactive ketones (excluding diaryl/α,β-unsaturated/α-hetero) is 2. The molecule has 1 aromatic carbocycles. The van der Waals surface area contributed by atoms with Gasteiger partial charge in [0.15, 0.2) is 11.6 Å². The molecule has 3 rings (SSSR count). The van der Waals surface area contributed by atoms with Crippen molar-refractivity contribution in [1.29, 1.82) is 0 Å². The van der Waals surface area contributed by atoms with E-state index < -0.39 is 17.7 Å². The standard InChI is InChI=1S/C16H15NO4/c1-8-3-2-4-10-12(18)7-11(15(20)14(8)10)9-5-6-13(19)17-16(9)21/h2-4,9,11H,5-7H2,1H3,(H,17,19,21)/t9?,11-/m0/s1. The molecule has 1 aliphatic carbocycles. The molecular formula is C16H15NO4. The summed E-state index contributed by atoms with van der Waals surface area (Å²) in [7, 11) is 0. The van der Waals surface area contributed by atoms with Gasteiger partial charge in [-0.15, -0.1) is 0 Å². The van der Waals surface area contributed by atoms with E-state index in [0.29, 0.717) is 17.5 Å². The van der Waals surface area contributed by atoms with E-state index in [1.165, 1.54) is 0 Å². The van der Waals surface area contributed by atoms with E-state index >= 15 is 0 Å². The summed E-state index contributed by atoms with van der Waals surface area (Å²) in [6.07, 6.45) is 0.589. The Morgan fingerprint density at radius 2 is 1.86 bits per heavy atom. The van der Waals surface area contributed by atoms with E-state index in [1.54, 1.807) is 25.1 Å². The molecule has 2 aliphatic rings. The molecule has 0 aromatic heterocycles. The molecule has 1 aromatic rings. The average molecular weight is 285 g/mol. The van der Waals surface area contributed by atoms with Crippen LogP contribution in [0.15, 0.2) is 18.2 Å². The van der Waals surface area contributed by atoms with Crippen LogP contribution in [0, 0.1) is 18.8 Å². The highest BCUT2D eigenvalue weighted by atomic mass is 16.2. The van der Waals surface area contributed by atoms with Gasteiger partial charge in [-0.1, -0.05) is 18.2 Å². The van der Waals surface area contributed by atoms with E-state index in [4.69, 9.17) is 0 Å². The average Bonchev–Trinajstić information content (AvgIpc) is 2.43. The Morgan fingerprint density at radius 3 is 2.57 bits per heavy atom. The Kier molecular flexibility index (Phi) is 3.20. The van der Waals surface area contributed by atoms with Crippen LogP contribution in [0.2, 0.25) is 0 Å². The van der Waals surface area contributed by atoms with E-state index in [0.717, 1.165) is 5.56 Å². The minimum absolute atomic E-state index is 0.0432. The minimum Gasteiger partial charge on any atom is -0.296 e. The summed E-state index contributed by atoms with van der Waals surface area (Å²) in [4.78, 5) is 48.1. The van der Waals surface area contributed by atoms with E-state index in [-0.39, 0.29) is 30.3 Å². The number of aryl methyl sites for hydroxylation is 1. The van der Waals surface area contributed by atoms with Crippen molar-refractivity contribution in [2.45, 2.75) is 26.2 Å². The molecule has 0 bridgehead atoms. The van der Waals surface area contributed by atoms with Crippen molar-refractivity contribution < 1.29 is 19.2 Å². The van der Waals surface area contributed by atoms with E-state index in [2.05, 4.69) is 5.32 Å². The van der Waals surface area contributed by atoms with Gasteiger partial charge >= 0.3 is 0 Å². The van der Waals surface area contributed by atoms with Crippen molar-refractivity contribution in [2.24, 2.45) is 11.8 Å². The second kappa shape index (κ2) is 4.91. The Morgan fingerprint density at radius 1 is 1.10 bits per heavy atom. The topological polar surface area (TPSA) is 80.3 Å². The van der Waals surface area contributed by atoms with Gasteiger partial charge in [-0.3, -0.25) is 24.5 Å². The van der Waals surface area contributed by atoms with Crippen LogP contribution in [-0.4, -0.2) is 23.4 Å². The predicted octanol–water partition coefficient (Wildman–Crippen LogP) is 1.43. The summed E-state index contributed by atoms with van der Waals surface area (Å²) in [5, 5.41) is 2.26. The second-order valence-corrected chi connectivity index (χ2v) is 5.65. The summed E-state index contributed by atoms with van der Waals surface area (Å²) < 4.78 is 0. The lowest BCUT2D eigenvalue weighted by atomic mass is 9.72. The van der Waals surface area contributed by atoms with Gasteiger partial charge in [0.1, 0.15) is 0 Å². The fourth-order valence-corrected chi connectivity index (χ4v) is 3.23. The van der Waals surface area contributed by atoms with Crippen molar-refractivity contribution in [2.75, 3.05) is 0 Å². The van der Waals surface area contributed by atoms with E-state index in [9.17, 15) is 19.2 Å². The van der Waals surface area contributed by atoms with Gasteiger partial charge in [-0.25, -0.2) is 0 Å². The molecule has 1 saturated heterocycles. The number of nitrogens with one attached hydrogen (secondary N) is 1. The van der Waals surface area contributed by atoms with Crippen molar-refractivity contribution in [3.8, 4) is 0 Å². The predicted molar refractivity (Wildman–Crippen MR) is 73.8 cm³/mol. The number of amides is 2. The Labute approximate surface area is 121 Å². The number of fused-ring (bicyclic) bond motifs is 1. The number of piperidine rings is 1. The van der Waals surface area contributed by atoms with Gasteiger partial charge in [0.25, 0.3) is 0 Å². The largest absolute Gasteiger partial charge is 0.296 e. The first kappa shape index (κ1) is 13.7. The molecule has 0 saturated carbocycles. The quantitative estimate of drug-likeness (QED) is 0.792. The first-order chi connectivity index (χ1) is 9.99. The first-order valence-electron chi connectivity index (χ1n) is 6.99. The summed E-state index contributed by atoms with van der Waals surface area (Å²) >= 11 is 0. The molecule has 5 nitrogen and oxygen atoms in total. The molecule has 21 heavy (non-hydrogen) atoms. The van der Waals surface area contributed by atoms with Crippen LogP contribution in [0.5, 0.6) is 0 Å². The van der Waals surface area contributed by atoms with Crippen molar-refractivity contribution >= 4 is 23.4 Å². The van der Waals surface area contributed by atoms with Crippen LogP contribution in [0.3, 0.4) is 0 Å². The molecule has 1 fully saturated rings. The maximum Gasteiger partial charge on any atom is 0.230 e. The minimum atomic E-state index is -0.654. The zero-order valence-electron chi connectivity index (χ0n) is 11.6. The number of ketones is 2. The Hall–Kier alpha value is -2.30. The summed E-state index contributed by atoms with van der Waals surface area (Å²) in [6.45, 7) is 1.79. The van der Waals surface area contributed by atoms with Crippen LogP contribution in [0.4, 0.5) is 0 Å². The summed E-state index contributed by atoms with van der Waals surface area (Å²) in [5.74, 6) is -2.26. The monoisotopic (exact) mass is 285 g/mol. The lowest BCUT2D eigenvalue weighted by Gasteiger charge is -2.31. The SMILES string of the molecule is Cc1cccc2c1C(=O)[C@H](C1CCC(=O)NC1=O)CC2=O. The van der Waals surface area contributed by atoms with Crippen molar-refractivity contribution in [3.63, 3.8) is 0 Å². The highest BCUT2D eigenvalue weighted by molar-refractivity contribution is 6.17. The molecular weight excluding hydrogens is 270 g/mol. The van der Waals surface area contributed by atoms with E-state index in [1.807, 2.05) is 0 Å². The van der Waals surface area contributed by atoms with Crippen LogP contribution in [0.25, 0.3) is 0 Å². The normalized spacial score (nSPS) is 25.6. The second-order valence-electron chi connectivity index (χ2n) is 5.65. The maximum atomic E-state index is 12.7. The van der Waals surface area contributed by atoms with Gasteiger partial charge in [0.05, 0.1) is 0 Å². The van der Waals surface area contributed by atoms with Crippen LogP contribution < -0.4 is 5.32 Å². The van der Waals surface area contributed by atoms with Gasteiger partial charge in [-0.05, 0) is 18.9 Å². The molecule has 2 atom stereocenters. The molecule has 0 radical (unpaired) electrons. The van der Waals surface area contributed by atoms with Crippen molar-refractivity contribution in [1.82, 2.24) is 5.32 Å². The zero-order chi connectivity index (χ0) is 15.1. The highest BCUT2D eigenvalue weighted by Gasteiger charge is 2.42. The third-order valence-corrected chi connectivity index (χ3v) is 4.33. The fraction of sp³-hybridized carbons (Fsp3) is 0.375. The third-order valence-electron chi connectivity index (χ3n) is 4.33. The lowest BCUT2D eigenvalue weighted by molar-refractivity contribution is -0.137. The number of benzene rings is 1. The van der Waals surface area contributed by atoms with Gasteiger partial charge < -0.3 is 0 Å². The Balaban J connectivity index is 1.98. The molecule has 1 N–H and O–H groups in total. The van der Waals surface area contributed by atoms with Gasteiger partial charge in [0, 0.05) is 35.8 Å². The molecule has 2 amide bonds. The first-order valence-corrected chi connectivity index (χ1v) is 6.99. The number of hydrogen-bond donors (Lipinski definition) is 1. The maximum absolute atomic E-state index is 12.7. The molecule has 1 aliphatic heterocycles. The van der Waals surface area contributed by atoms with Crippen LogP contribution in [0.1, 0.15) is 45.5 Å². The number of rotatable bonds is 1. The zero-order valence-corrected chi connectivity index (χ0v) is 11.6. The third kappa shape index (κ3) is 2.18. The smallest absolute Gasteiger partial charge is 0.230 e. The molecule has 5 heteroatoms. The highest BCUT2D eigenvalue weighted by Crippen LogP contribution is 2.35. The molecule has 0 spiro atoms. The number of imide groups is 1. The lowest BCUT2D eigenvalue weighted by Crippen LogP contribution is -2.47. The van der Waals surface area contributed by atoms with Crippen molar-refractivity contribution in [3.05, 3.63) is 34.9 Å². The summed E-state index contributed by atoms with van der Waals surface area (Å²) in [6, 6.07) is 5.20. The number of carbonyl (C=O) groups excluding carboxylic acids is 4. The van der Waals surface area contributed by atoms with Crippen LogP contribution >= 0.6 is 0 Å². The molecule has 108 valence electrons. The van der Waals surface area contributed by atoms with Crippen LogP contribution in [-0.2, 0) is 9.59 Å². The fourth-order valence-electron chi connectivity index (χ4n) is 3.23. The number of hydrogen-bond acceptors (Lipinski definition) is 4. The summed E-state index contributed by atoms with van der Waals surface area (Å²) in [5.41, 5.74) is 1.63. The molecule has 1 unspecified atom stereocenters. The Bertz CT molecular complexity index is 677. The number of carbonyl (C=O) groups is 4.